The summed E-state index contributed by atoms with van der Waals surface area (Å²) in [4.78, 5) is 6.71. The molecule has 1 fully saturated rings. The highest BCUT2D eigenvalue weighted by Gasteiger charge is 2.31. The minimum absolute atomic E-state index is 0.561. The third-order valence-corrected chi connectivity index (χ3v) is 4.10. The molecule has 18 heavy (non-hydrogen) atoms. The molecule has 1 aliphatic rings. The topological polar surface area (TPSA) is 28.2 Å². The van der Waals surface area contributed by atoms with E-state index >= 15 is 0 Å². The van der Waals surface area contributed by atoms with Gasteiger partial charge in [0.25, 0.3) is 0 Å². The molecular formula is C14H22ClN3. The van der Waals surface area contributed by atoms with Gasteiger partial charge in [0.15, 0.2) is 0 Å². The third kappa shape index (κ3) is 3.15. The molecule has 2 rings (SSSR count). The van der Waals surface area contributed by atoms with E-state index in [9.17, 15) is 0 Å². The monoisotopic (exact) mass is 267 g/mol. The highest BCUT2D eigenvalue weighted by atomic mass is 35.5. The fourth-order valence-corrected chi connectivity index (χ4v) is 2.33. The van der Waals surface area contributed by atoms with E-state index in [1.54, 1.807) is 6.20 Å². The van der Waals surface area contributed by atoms with Crippen LogP contribution >= 0.6 is 11.6 Å². The van der Waals surface area contributed by atoms with Crippen molar-refractivity contribution in [3.05, 3.63) is 22.8 Å². The van der Waals surface area contributed by atoms with Crippen LogP contribution in [-0.4, -0.2) is 24.6 Å². The second-order valence-electron chi connectivity index (χ2n) is 5.10. The number of rotatable bonds is 6. The number of hydrogen-bond acceptors (Lipinski definition) is 3. The maximum atomic E-state index is 6.17. The Morgan fingerprint density at radius 1 is 1.56 bits per heavy atom. The van der Waals surface area contributed by atoms with E-state index in [0.29, 0.717) is 6.04 Å². The molecule has 0 bridgehead atoms. The van der Waals surface area contributed by atoms with Gasteiger partial charge in [-0.15, -0.1) is 0 Å². The first-order valence-corrected chi connectivity index (χ1v) is 7.09. The largest absolute Gasteiger partial charge is 0.357 e. The van der Waals surface area contributed by atoms with Crippen LogP contribution in [0.3, 0.4) is 0 Å². The van der Waals surface area contributed by atoms with E-state index in [-0.39, 0.29) is 0 Å². The number of anilines is 1. The molecule has 1 unspecified atom stereocenters. The predicted octanol–water partition coefficient (Wildman–Crippen LogP) is 3.08. The Labute approximate surface area is 115 Å². The molecule has 0 saturated heterocycles. The van der Waals surface area contributed by atoms with Crippen molar-refractivity contribution in [3.63, 3.8) is 0 Å². The van der Waals surface area contributed by atoms with Gasteiger partial charge in [-0.05, 0) is 43.9 Å². The lowest BCUT2D eigenvalue weighted by atomic mass is 10.2. The quantitative estimate of drug-likeness (QED) is 0.859. The Morgan fingerprint density at radius 3 is 2.89 bits per heavy atom. The van der Waals surface area contributed by atoms with Gasteiger partial charge in [0.05, 0.1) is 5.02 Å². The van der Waals surface area contributed by atoms with Crippen LogP contribution in [0, 0.1) is 5.92 Å². The first-order valence-electron chi connectivity index (χ1n) is 6.71. The second kappa shape index (κ2) is 5.89. The van der Waals surface area contributed by atoms with Crippen LogP contribution in [0.25, 0.3) is 0 Å². The molecule has 0 aromatic carbocycles. The maximum absolute atomic E-state index is 6.17. The summed E-state index contributed by atoms with van der Waals surface area (Å²) >= 11 is 6.17. The zero-order chi connectivity index (χ0) is 13.1. The molecule has 3 nitrogen and oxygen atoms in total. The second-order valence-corrected chi connectivity index (χ2v) is 5.51. The Balaban J connectivity index is 2.11. The molecule has 1 atom stereocenters. The smallest absolute Gasteiger partial charge is 0.128 e. The van der Waals surface area contributed by atoms with Crippen molar-refractivity contribution in [3.8, 4) is 0 Å². The summed E-state index contributed by atoms with van der Waals surface area (Å²) in [6.07, 6.45) is 4.46. The molecule has 0 radical (unpaired) electrons. The van der Waals surface area contributed by atoms with Crippen molar-refractivity contribution in [2.75, 3.05) is 18.5 Å². The van der Waals surface area contributed by atoms with Gasteiger partial charge >= 0.3 is 0 Å². The van der Waals surface area contributed by atoms with Gasteiger partial charge in [0.1, 0.15) is 5.82 Å². The Morgan fingerprint density at radius 2 is 2.28 bits per heavy atom. The highest BCUT2D eigenvalue weighted by molar-refractivity contribution is 6.31. The predicted molar refractivity (Wildman–Crippen MR) is 77.2 cm³/mol. The third-order valence-electron chi connectivity index (χ3n) is 3.76. The SMILES string of the molecule is CCNCc1cc(N(C)C(C)C2CC2)ncc1Cl. The van der Waals surface area contributed by atoms with Crippen molar-refractivity contribution in [2.24, 2.45) is 5.92 Å². The van der Waals surface area contributed by atoms with Crippen LogP contribution in [0.4, 0.5) is 5.82 Å². The molecular weight excluding hydrogens is 246 g/mol. The number of pyridine rings is 1. The average Bonchev–Trinajstić information content (AvgIpc) is 3.20. The molecule has 1 heterocycles. The molecule has 0 spiro atoms. The lowest BCUT2D eigenvalue weighted by Crippen LogP contribution is -2.31. The summed E-state index contributed by atoms with van der Waals surface area (Å²) < 4.78 is 0. The first-order chi connectivity index (χ1) is 8.63. The van der Waals surface area contributed by atoms with Crippen LogP contribution in [0.15, 0.2) is 12.3 Å². The van der Waals surface area contributed by atoms with Crippen molar-refractivity contribution in [1.82, 2.24) is 10.3 Å². The van der Waals surface area contributed by atoms with Crippen molar-refractivity contribution < 1.29 is 0 Å². The summed E-state index contributed by atoms with van der Waals surface area (Å²) in [5, 5.41) is 4.05. The number of aromatic nitrogens is 1. The number of nitrogens with one attached hydrogen (secondary N) is 1. The lowest BCUT2D eigenvalue weighted by Gasteiger charge is -2.26. The van der Waals surface area contributed by atoms with E-state index < -0.39 is 0 Å². The standard InChI is InChI=1S/C14H22ClN3/c1-4-16-8-12-7-14(17-9-13(12)15)18(3)10(2)11-5-6-11/h7,9-11,16H,4-6,8H2,1-3H3. The van der Waals surface area contributed by atoms with E-state index in [1.807, 2.05) is 0 Å². The van der Waals surface area contributed by atoms with Gasteiger partial charge in [-0.25, -0.2) is 4.98 Å². The fourth-order valence-electron chi connectivity index (χ4n) is 2.16. The van der Waals surface area contributed by atoms with Crippen LogP contribution in [-0.2, 0) is 6.54 Å². The number of halogens is 1. The fraction of sp³-hybridized carbons (Fsp3) is 0.643. The van der Waals surface area contributed by atoms with Crippen molar-refractivity contribution >= 4 is 17.4 Å². The van der Waals surface area contributed by atoms with Gasteiger partial charge in [-0.3, -0.25) is 0 Å². The maximum Gasteiger partial charge on any atom is 0.128 e. The molecule has 1 aromatic heterocycles. The van der Waals surface area contributed by atoms with Gasteiger partial charge < -0.3 is 10.2 Å². The summed E-state index contributed by atoms with van der Waals surface area (Å²) in [7, 11) is 2.12. The normalized spacial score (nSPS) is 16.7. The molecule has 1 aromatic rings. The molecule has 100 valence electrons. The summed E-state index contributed by atoms with van der Waals surface area (Å²) in [6.45, 7) is 6.12. The Bertz CT molecular complexity index is 404. The first kappa shape index (κ1) is 13.6. The minimum atomic E-state index is 0.561. The van der Waals surface area contributed by atoms with Crippen molar-refractivity contribution in [1.29, 1.82) is 0 Å². The highest BCUT2D eigenvalue weighted by Crippen LogP contribution is 2.36. The Hall–Kier alpha value is -0.800. The van der Waals surface area contributed by atoms with Crippen molar-refractivity contribution in [2.45, 2.75) is 39.3 Å². The van der Waals surface area contributed by atoms with Gasteiger partial charge in [-0.2, -0.15) is 0 Å². The van der Waals surface area contributed by atoms with E-state index in [2.05, 4.69) is 42.2 Å². The van der Waals surface area contributed by atoms with E-state index in [0.717, 1.165) is 35.4 Å². The molecule has 1 aliphatic carbocycles. The van der Waals surface area contributed by atoms with E-state index in [4.69, 9.17) is 11.6 Å². The lowest BCUT2D eigenvalue weighted by molar-refractivity contribution is 0.603. The zero-order valence-corrected chi connectivity index (χ0v) is 12.2. The van der Waals surface area contributed by atoms with E-state index in [1.165, 1.54) is 12.8 Å². The Kier molecular flexibility index (Phi) is 4.46. The zero-order valence-electron chi connectivity index (χ0n) is 11.4. The molecule has 4 heteroatoms. The van der Waals surface area contributed by atoms with Crippen LogP contribution < -0.4 is 10.2 Å². The summed E-state index contributed by atoms with van der Waals surface area (Å²) in [5.74, 6) is 1.86. The molecule has 1 saturated carbocycles. The average molecular weight is 268 g/mol. The minimum Gasteiger partial charge on any atom is -0.357 e. The molecule has 0 amide bonds. The van der Waals surface area contributed by atoms with Gasteiger partial charge in [0, 0.05) is 25.8 Å². The van der Waals surface area contributed by atoms with Crippen LogP contribution in [0.2, 0.25) is 5.02 Å². The summed E-state index contributed by atoms with van der Waals surface area (Å²) in [6, 6.07) is 2.66. The van der Waals surface area contributed by atoms with Gasteiger partial charge in [0.2, 0.25) is 0 Å². The summed E-state index contributed by atoms with van der Waals surface area (Å²) in [5.41, 5.74) is 1.12. The van der Waals surface area contributed by atoms with Gasteiger partial charge in [-0.1, -0.05) is 18.5 Å². The number of hydrogen-bond donors (Lipinski definition) is 1. The molecule has 0 aliphatic heterocycles. The van der Waals surface area contributed by atoms with Crippen LogP contribution in [0.5, 0.6) is 0 Å². The number of nitrogens with zero attached hydrogens (tertiary/aromatic N) is 2. The van der Waals surface area contributed by atoms with Crippen LogP contribution in [0.1, 0.15) is 32.3 Å². The molecule has 1 N–H and O–H groups in total.